The number of rotatable bonds is 8. The number of hydrogen-bond donors (Lipinski definition) is 0. The summed E-state index contributed by atoms with van der Waals surface area (Å²) in [5.41, 5.74) is 0.823. The van der Waals surface area contributed by atoms with Crippen LogP contribution in [0, 0.1) is 5.82 Å². The Morgan fingerprint density at radius 1 is 1.26 bits per heavy atom. The Kier molecular flexibility index (Phi) is 6.93. The van der Waals surface area contributed by atoms with Crippen LogP contribution >= 0.6 is 11.3 Å². The van der Waals surface area contributed by atoms with Gasteiger partial charge in [-0.2, -0.15) is 4.98 Å². The Bertz CT molecular complexity index is 1000. The van der Waals surface area contributed by atoms with Crippen molar-refractivity contribution < 1.29 is 18.4 Å². The fraction of sp³-hybridized carbons (Fsp3) is 0.409. The highest BCUT2D eigenvalue weighted by Gasteiger charge is 2.22. The number of ether oxygens (including phenoxy) is 1. The number of thiophene rings is 1. The number of aromatic nitrogens is 2. The molecular weight excluding hydrogens is 419 g/mol. The maximum atomic E-state index is 13.6. The molecule has 3 heterocycles. The highest BCUT2D eigenvalue weighted by atomic mass is 32.1. The van der Waals surface area contributed by atoms with Crippen molar-refractivity contribution in [3.05, 3.63) is 53.0 Å². The van der Waals surface area contributed by atoms with Gasteiger partial charge >= 0.3 is 0 Å². The topological polar surface area (TPSA) is 71.7 Å². The molecule has 1 amide bonds. The molecule has 0 atom stereocenters. The van der Waals surface area contributed by atoms with E-state index in [1.807, 2.05) is 22.4 Å². The molecule has 0 radical (unpaired) electrons. The summed E-state index contributed by atoms with van der Waals surface area (Å²) in [4.78, 5) is 22.0. The number of amides is 1. The van der Waals surface area contributed by atoms with Crippen LogP contribution in [0.3, 0.4) is 0 Å². The lowest BCUT2D eigenvalue weighted by Gasteiger charge is -2.35. The van der Waals surface area contributed by atoms with Crippen molar-refractivity contribution in [1.82, 2.24) is 19.9 Å². The lowest BCUT2D eigenvalue weighted by molar-refractivity contribution is -0.133. The minimum atomic E-state index is -0.270. The summed E-state index contributed by atoms with van der Waals surface area (Å²) in [5.74, 6) is 1.71. The van der Waals surface area contributed by atoms with Crippen LogP contribution < -0.4 is 4.74 Å². The Labute approximate surface area is 184 Å². The lowest BCUT2D eigenvalue weighted by Crippen LogP contribution is -2.48. The van der Waals surface area contributed by atoms with Gasteiger partial charge in [0.25, 0.3) is 0 Å². The fourth-order valence-corrected chi connectivity index (χ4v) is 4.33. The van der Waals surface area contributed by atoms with E-state index in [1.165, 1.54) is 12.1 Å². The van der Waals surface area contributed by atoms with Gasteiger partial charge in [0.1, 0.15) is 11.6 Å². The minimum Gasteiger partial charge on any atom is -0.496 e. The van der Waals surface area contributed by atoms with E-state index < -0.39 is 0 Å². The molecule has 1 aromatic carbocycles. The quantitative estimate of drug-likeness (QED) is 0.529. The summed E-state index contributed by atoms with van der Waals surface area (Å²) in [5, 5.41) is 5.97. The van der Waals surface area contributed by atoms with Crippen LogP contribution in [0.4, 0.5) is 4.39 Å². The molecular formula is C22H25FN4O3S. The molecule has 0 unspecified atom stereocenters. The van der Waals surface area contributed by atoms with Crippen LogP contribution in [0.5, 0.6) is 5.75 Å². The number of aryl methyl sites for hydroxylation is 1. The summed E-state index contributed by atoms with van der Waals surface area (Å²) < 4.78 is 24.2. The van der Waals surface area contributed by atoms with Gasteiger partial charge in [0, 0.05) is 51.1 Å². The molecule has 4 rings (SSSR count). The molecule has 0 spiro atoms. The van der Waals surface area contributed by atoms with Gasteiger partial charge in [-0.3, -0.25) is 9.69 Å². The first-order valence-electron chi connectivity index (χ1n) is 10.3. The van der Waals surface area contributed by atoms with Crippen molar-refractivity contribution in [3.63, 3.8) is 0 Å². The van der Waals surface area contributed by atoms with E-state index in [1.54, 1.807) is 24.5 Å². The summed E-state index contributed by atoms with van der Waals surface area (Å²) >= 11 is 1.56. The minimum absolute atomic E-state index is 0.140. The van der Waals surface area contributed by atoms with E-state index in [0.29, 0.717) is 56.4 Å². The van der Waals surface area contributed by atoms with Crippen molar-refractivity contribution in [2.24, 2.45) is 0 Å². The number of benzene rings is 1. The number of methoxy groups -OCH3 is 1. The SMILES string of the molecule is COc1ccc(F)cc1CN1CCN(C(=O)CCCc2nc(-c3cccs3)no2)CC1. The van der Waals surface area contributed by atoms with Gasteiger partial charge in [-0.25, -0.2) is 4.39 Å². The predicted octanol–water partition coefficient (Wildman–Crippen LogP) is 3.61. The lowest BCUT2D eigenvalue weighted by atomic mass is 10.1. The van der Waals surface area contributed by atoms with E-state index >= 15 is 0 Å². The third kappa shape index (κ3) is 5.48. The largest absolute Gasteiger partial charge is 0.496 e. The van der Waals surface area contributed by atoms with E-state index in [9.17, 15) is 9.18 Å². The number of carbonyl (C=O) groups is 1. The van der Waals surface area contributed by atoms with Crippen LogP contribution in [0.1, 0.15) is 24.3 Å². The zero-order chi connectivity index (χ0) is 21.6. The van der Waals surface area contributed by atoms with Gasteiger partial charge < -0.3 is 14.2 Å². The van der Waals surface area contributed by atoms with Crippen molar-refractivity contribution in [2.45, 2.75) is 25.8 Å². The molecule has 0 aliphatic carbocycles. The maximum Gasteiger partial charge on any atom is 0.226 e. The molecule has 31 heavy (non-hydrogen) atoms. The molecule has 3 aromatic rings. The zero-order valence-corrected chi connectivity index (χ0v) is 18.2. The Morgan fingerprint density at radius 2 is 2.10 bits per heavy atom. The molecule has 1 aliphatic heterocycles. The Balaban J connectivity index is 1.20. The second kappa shape index (κ2) is 10.0. The normalized spacial score (nSPS) is 14.7. The average Bonchev–Trinajstić information content (AvgIpc) is 3.46. The Morgan fingerprint density at radius 3 is 2.84 bits per heavy atom. The molecule has 1 saturated heterocycles. The standard InChI is InChI=1S/C22H25FN4O3S/c1-29-18-8-7-17(23)14-16(18)15-26-9-11-27(12-10-26)21(28)6-2-5-20-24-22(25-30-20)19-4-3-13-31-19/h3-4,7-8,13-14H,2,5-6,9-12,15H2,1H3. The summed E-state index contributed by atoms with van der Waals surface area (Å²) in [6.07, 6.45) is 1.71. The molecule has 1 fully saturated rings. The molecule has 9 heteroatoms. The zero-order valence-electron chi connectivity index (χ0n) is 17.4. The van der Waals surface area contributed by atoms with E-state index in [-0.39, 0.29) is 11.7 Å². The fourth-order valence-electron chi connectivity index (χ4n) is 3.68. The van der Waals surface area contributed by atoms with Gasteiger partial charge in [-0.05, 0) is 36.1 Å². The van der Waals surface area contributed by atoms with Crippen LogP contribution in [0.15, 0.2) is 40.2 Å². The predicted molar refractivity (Wildman–Crippen MR) is 115 cm³/mol. The first-order valence-corrected chi connectivity index (χ1v) is 11.2. The van der Waals surface area contributed by atoms with Crippen LogP contribution in [0.2, 0.25) is 0 Å². The third-order valence-corrected chi connectivity index (χ3v) is 6.22. The maximum absolute atomic E-state index is 13.6. The highest BCUT2D eigenvalue weighted by Crippen LogP contribution is 2.23. The van der Waals surface area contributed by atoms with Gasteiger partial charge in [0.2, 0.25) is 17.6 Å². The first kappa shape index (κ1) is 21.5. The molecule has 0 N–H and O–H groups in total. The summed E-state index contributed by atoms with van der Waals surface area (Å²) in [7, 11) is 1.59. The van der Waals surface area contributed by atoms with E-state index in [0.717, 1.165) is 23.5 Å². The highest BCUT2D eigenvalue weighted by molar-refractivity contribution is 7.13. The van der Waals surface area contributed by atoms with Crippen molar-refractivity contribution in [3.8, 4) is 16.5 Å². The molecule has 7 nitrogen and oxygen atoms in total. The van der Waals surface area contributed by atoms with E-state index in [2.05, 4.69) is 15.0 Å². The Hall–Kier alpha value is -2.78. The molecule has 0 saturated carbocycles. The monoisotopic (exact) mass is 444 g/mol. The number of hydrogen-bond acceptors (Lipinski definition) is 7. The molecule has 1 aliphatic rings. The van der Waals surface area contributed by atoms with Crippen LogP contribution in [-0.2, 0) is 17.8 Å². The first-order chi connectivity index (χ1) is 15.1. The number of piperazine rings is 1. The van der Waals surface area contributed by atoms with E-state index in [4.69, 9.17) is 9.26 Å². The second-order valence-corrected chi connectivity index (χ2v) is 8.40. The molecule has 2 aromatic heterocycles. The number of carbonyl (C=O) groups excluding carboxylic acids is 1. The van der Waals surface area contributed by atoms with Crippen molar-refractivity contribution in [2.75, 3.05) is 33.3 Å². The number of nitrogens with zero attached hydrogens (tertiary/aromatic N) is 4. The van der Waals surface area contributed by atoms with Gasteiger partial charge in [-0.1, -0.05) is 11.2 Å². The van der Waals surface area contributed by atoms with Gasteiger partial charge in [0.05, 0.1) is 12.0 Å². The van der Waals surface area contributed by atoms with Crippen LogP contribution in [0.25, 0.3) is 10.7 Å². The summed E-state index contributed by atoms with van der Waals surface area (Å²) in [6.45, 7) is 3.43. The van der Waals surface area contributed by atoms with Gasteiger partial charge in [0.15, 0.2) is 0 Å². The van der Waals surface area contributed by atoms with Crippen molar-refractivity contribution >= 4 is 17.2 Å². The van der Waals surface area contributed by atoms with Crippen molar-refractivity contribution in [1.29, 1.82) is 0 Å². The van der Waals surface area contributed by atoms with Crippen LogP contribution in [-0.4, -0.2) is 59.1 Å². The second-order valence-electron chi connectivity index (χ2n) is 7.46. The third-order valence-electron chi connectivity index (χ3n) is 5.35. The number of halogens is 1. The van der Waals surface area contributed by atoms with Gasteiger partial charge in [-0.15, -0.1) is 11.3 Å². The smallest absolute Gasteiger partial charge is 0.226 e. The average molecular weight is 445 g/mol. The molecule has 164 valence electrons. The summed E-state index contributed by atoms with van der Waals surface area (Å²) in [6, 6.07) is 8.46. The molecule has 0 bridgehead atoms.